The average Bonchev–Trinajstić information content (AvgIpc) is 2.37. The first kappa shape index (κ1) is 14.3. The third kappa shape index (κ3) is 3.67. The van der Waals surface area contributed by atoms with Gasteiger partial charge in [0, 0.05) is 30.6 Å². The molecular formula is C15H24N2O2. The lowest BCUT2D eigenvalue weighted by Crippen LogP contribution is -2.36. The maximum atomic E-state index is 6.12. The number of rotatable bonds is 4. The molecule has 1 N–H and O–H groups in total. The Morgan fingerprint density at radius 1 is 1.37 bits per heavy atom. The fourth-order valence-electron chi connectivity index (χ4n) is 2.59. The second-order valence-electron chi connectivity index (χ2n) is 5.38. The van der Waals surface area contributed by atoms with Crippen LogP contribution in [-0.2, 0) is 4.74 Å². The van der Waals surface area contributed by atoms with Crippen molar-refractivity contribution in [1.29, 1.82) is 0 Å². The van der Waals surface area contributed by atoms with Crippen LogP contribution in [0.3, 0.4) is 0 Å². The van der Waals surface area contributed by atoms with Gasteiger partial charge in [-0.3, -0.25) is 0 Å². The Labute approximate surface area is 115 Å². The molecule has 106 valence electrons. The van der Waals surface area contributed by atoms with E-state index in [1.807, 2.05) is 13.1 Å². The number of nitrogens with zero attached hydrogens (tertiary/aromatic N) is 1. The minimum absolute atomic E-state index is 0.191. The number of aromatic nitrogens is 1. The quantitative estimate of drug-likeness (QED) is 0.908. The Kier molecular flexibility index (Phi) is 4.77. The first-order valence-electron chi connectivity index (χ1n) is 7.04. The van der Waals surface area contributed by atoms with Gasteiger partial charge in [0.25, 0.3) is 0 Å². The molecule has 1 fully saturated rings. The molecule has 0 bridgehead atoms. The van der Waals surface area contributed by atoms with E-state index in [2.05, 4.69) is 37.1 Å². The standard InChI is InChI=1S/C15H24N2O2/c1-10-8-13(9-11(2)18-10)19-15-14(12(3)16-4)6-5-7-17-15/h5-7,10-13,16H,8-9H2,1-4H3. The zero-order valence-corrected chi connectivity index (χ0v) is 12.2. The summed E-state index contributed by atoms with van der Waals surface area (Å²) in [7, 11) is 1.94. The van der Waals surface area contributed by atoms with Crippen LogP contribution in [0.25, 0.3) is 0 Å². The summed E-state index contributed by atoms with van der Waals surface area (Å²) in [4.78, 5) is 4.39. The average molecular weight is 264 g/mol. The molecular weight excluding hydrogens is 240 g/mol. The minimum atomic E-state index is 0.191. The van der Waals surface area contributed by atoms with Gasteiger partial charge in [-0.2, -0.15) is 0 Å². The summed E-state index contributed by atoms with van der Waals surface area (Å²) >= 11 is 0. The number of hydrogen-bond donors (Lipinski definition) is 1. The predicted molar refractivity (Wildman–Crippen MR) is 75.4 cm³/mol. The van der Waals surface area contributed by atoms with Crippen LogP contribution in [0, 0.1) is 0 Å². The molecule has 4 heteroatoms. The Hall–Kier alpha value is -1.13. The summed E-state index contributed by atoms with van der Waals surface area (Å²) in [5.41, 5.74) is 1.11. The Balaban J connectivity index is 2.10. The minimum Gasteiger partial charge on any atom is -0.474 e. The molecule has 0 spiro atoms. The van der Waals surface area contributed by atoms with Crippen LogP contribution >= 0.6 is 0 Å². The van der Waals surface area contributed by atoms with Gasteiger partial charge in [0.15, 0.2) is 0 Å². The molecule has 0 saturated carbocycles. The largest absolute Gasteiger partial charge is 0.474 e. The van der Waals surface area contributed by atoms with Crippen molar-refractivity contribution in [2.24, 2.45) is 0 Å². The lowest BCUT2D eigenvalue weighted by atomic mass is 10.0. The van der Waals surface area contributed by atoms with Gasteiger partial charge >= 0.3 is 0 Å². The van der Waals surface area contributed by atoms with Gasteiger partial charge in [-0.05, 0) is 33.9 Å². The highest BCUT2D eigenvalue weighted by Crippen LogP contribution is 2.27. The van der Waals surface area contributed by atoms with Gasteiger partial charge in [0.2, 0.25) is 5.88 Å². The van der Waals surface area contributed by atoms with Crippen LogP contribution in [0.1, 0.15) is 45.2 Å². The molecule has 0 aromatic carbocycles. The molecule has 1 aliphatic rings. The van der Waals surface area contributed by atoms with E-state index in [0.717, 1.165) is 24.3 Å². The van der Waals surface area contributed by atoms with Crippen molar-refractivity contribution < 1.29 is 9.47 Å². The van der Waals surface area contributed by atoms with Crippen LogP contribution in [0.4, 0.5) is 0 Å². The normalized spacial score (nSPS) is 28.9. The molecule has 1 aromatic heterocycles. The fraction of sp³-hybridized carbons (Fsp3) is 0.667. The van der Waals surface area contributed by atoms with Crippen LogP contribution in [-0.4, -0.2) is 30.3 Å². The van der Waals surface area contributed by atoms with E-state index >= 15 is 0 Å². The van der Waals surface area contributed by atoms with Crippen molar-refractivity contribution in [3.63, 3.8) is 0 Å². The lowest BCUT2D eigenvalue weighted by molar-refractivity contribution is -0.0732. The number of nitrogens with one attached hydrogen (secondary N) is 1. The molecule has 1 aromatic rings. The number of pyridine rings is 1. The molecule has 2 rings (SSSR count). The highest BCUT2D eigenvalue weighted by molar-refractivity contribution is 5.28. The molecule has 1 saturated heterocycles. The Morgan fingerprint density at radius 2 is 2.05 bits per heavy atom. The van der Waals surface area contributed by atoms with E-state index in [1.54, 1.807) is 6.20 Å². The lowest BCUT2D eigenvalue weighted by Gasteiger charge is -2.32. The molecule has 3 atom stereocenters. The van der Waals surface area contributed by atoms with Crippen molar-refractivity contribution in [1.82, 2.24) is 10.3 Å². The Bertz CT molecular complexity index is 401. The second kappa shape index (κ2) is 6.35. The van der Waals surface area contributed by atoms with Crippen LogP contribution < -0.4 is 10.1 Å². The summed E-state index contributed by atoms with van der Waals surface area (Å²) in [6, 6.07) is 4.25. The molecule has 3 unspecified atom stereocenters. The number of hydrogen-bond acceptors (Lipinski definition) is 4. The van der Waals surface area contributed by atoms with Gasteiger partial charge in [-0.15, -0.1) is 0 Å². The van der Waals surface area contributed by atoms with Crippen molar-refractivity contribution in [3.8, 4) is 5.88 Å². The molecule has 0 aliphatic carbocycles. The van der Waals surface area contributed by atoms with Gasteiger partial charge in [-0.1, -0.05) is 6.07 Å². The van der Waals surface area contributed by atoms with Gasteiger partial charge in [0.05, 0.1) is 12.2 Å². The molecule has 4 nitrogen and oxygen atoms in total. The van der Waals surface area contributed by atoms with Crippen molar-refractivity contribution in [3.05, 3.63) is 23.9 Å². The summed E-state index contributed by atoms with van der Waals surface area (Å²) < 4.78 is 11.9. The topological polar surface area (TPSA) is 43.4 Å². The summed E-state index contributed by atoms with van der Waals surface area (Å²) in [5, 5.41) is 3.23. The first-order valence-corrected chi connectivity index (χ1v) is 7.04. The van der Waals surface area contributed by atoms with E-state index < -0.39 is 0 Å². The zero-order valence-electron chi connectivity index (χ0n) is 12.2. The van der Waals surface area contributed by atoms with E-state index in [-0.39, 0.29) is 24.4 Å². The van der Waals surface area contributed by atoms with Crippen molar-refractivity contribution >= 4 is 0 Å². The van der Waals surface area contributed by atoms with Gasteiger partial charge in [0.1, 0.15) is 6.10 Å². The fourth-order valence-corrected chi connectivity index (χ4v) is 2.59. The van der Waals surface area contributed by atoms with Gasteiger partial charge < -0.3 is 14.8 Å². The van der Waals surface area contributed by atoms with E-state index in [1.165, 1.54) is 0 Å². The van der Waals surface area contributed by atoms with E-state index in [0.29, 0.717) is 0 Å². The second-order valence-corrected chi connectivity index (χ2v) is 5.38. The monoisotopic (exact) mass is 264 g/mol. The van der Waals surface area contributed by atoms with Crippen molar-refractivity contribution in [2.45, 2.75) is 58.0 Å². The summed E-state index contributed by atoms with van der Waals surface area (Å²) in [5.74, 6) is 0.746. The summed E-state index contributed by atoms with van der Waals surface area (Å²) in [6.45, 7) is 6.31. The van der Waals surface area contributed by atoms with E-state index in [9.17, 15) is 0 Å². The van der Waals surface area contributed by atoms with Crippen molar-refractivity contribution in [2.75, 3.05) is 7.05 Å². The van der Waals surface area contributed by atoms with Crippen LogP contribution in [0.15, 0.2) is 18.3 Å². The van der Waals surface area contributed by atoms with Crippen LogP contribution in [0.2, 0.25) is 0 Å². The third-order valence-corrected chi connectivity index (χ3v) is 3.63. The summed E-state index contributed by atoms with van der Waals surface area (Å²) in [6.07, 6.45) is 4.33. The smallest absolute Gasteiger partial charge is 0.218 e. The molecule has 19 heavy (non-hydrogen) atoms. The first-order chi connectivity index (χ1) is 9.10. The molecule has 2 heterocycles. The highest BCUT2D eigenvalue weighted by Gasteiger charge is 2.27. The SMILES string of the molecule is CNC(C)c1cccnc1OC1CC(C)OC(C)C1. The van der Waals surface area contributed by atoms with E-state index in [4.69, 9.17) is 9.47 Å². The number of ether oxygens (including phenoxy) is 2. The molecule has 1 aliphatic heterocycles. The maximum absolute atomic E-state index is 6.12. The molecule has 0 amide bonds. The van der Waals surface area contributed by atoms with Crippen LogP contribution in [0.5, 0.6) is 5.88 Å². The maximum Gasteiger partial charge on any atom is 0.218 e. The third-order valence-electron chi connectivity index (χ3n) is 3.63. The molecule has 0 radical (unpaired) electrons. The van der Waals surface area contributed by atoms with Gasteiger partial charge in [-0.25, -0.2) is 4.98 Å². The predicted octanol–water partition coefficient (Wildman–Crippen LogP) is 2.70. The zero-order chi connectivity index (χ0) is 13.8. The Morgan fingerprint density at radius 3 is 2.68 bits per heavy atom. The highest BCUT2D eigenvalue weighted by atomic mass is 16.5.